The lowest BCUT2D eigenvalue weighted by molar-refractivity contribution is -0.000860. The summed E-state index contributed by atoms with van der Waals surface area (Å²) >= 11 is 0. The summed E-state index contributed by atoms with van der Waals surface area (Å²) in [4.78, 5) is 15.8. The van der Waals surface area contributed by atoms with Crippen molar-refractivity contribution in [3.05, 3.63) is 0 Å². The maximum absolute atomic E-state index is 5.31. The minimum atomic E-state index is -0.188. The zero-order valence-corrected chi connectivity index (χ0v) is 27.1. The van der Waals surface area contributed by atoms with Crippen LogP contribution in [0, 0.1) is 16.2 Å². The van der Waals surface area contributed by atoms with Crippen LogP contribution in [0.5, 0.6) is 0 Å². The second-order valence-corrected chi connectivity index (χ2v) is 15.1. The smallest absolute Gasteiger partial charge is 0.129 e. The Bertz CT molecular complexity index is 623. The van der Waals surface area contributed by atoms with E-state index in [0.29, 0.717) is 0 Å². The molecule has 0 rings (SSSR count). The molecule has 0 atom stereocenters. The Balaban J connectivity index is -0.000000439. The third-order valence-electron chi connectivity index (χ3n) is 3.85. The van der Waals surface area contributed by atoms with Crippen LogP contribution in [0.4, 0.5) is 0 Å². The summed E-state index contributed by atoms with van der Waals surface area (Å²) in [6.07, 6.45) is 1.82. The Morgan fingerprint density at radius 1 is 0.457 bits per heavy atom. The van der Waals surface area contributed by atoms with E-state index < -0.39 is 0 Å². The first-order valence-corrected chi connectivity index (χ1v) is 12.7. The normalized spacial score (nSPS) is 14.5. The fourth-order valence-electron chi connectivity index (χ4n) is 1.03. The van der Waals surface area contributed by atoms with Crippen molar-refractivity contribution in [1.29, 1.82) is 0 Å². The standard InChI is InChI=1S/2C10H21NO.C9H19NO/c2*1-8(9(2,3)4)11-12-10(5,6)7;1-8(2,3)7-10-11-9(4,5)6/h2*1-7H3;7H,1-6H3/b2*11-8+;10-7+. The summed E-state index contributed by atoms with van der Waals surface area (Å²) in [7, 11) is 0. The van der Waals surface area contributed by atoms with Crippen molar-refractivity contribution in [3.8, 4) is 0 Å². The van der Waals surface area contributed by atoms with Gasteiger partial charge in [-0.15, -0.1) is 0 Å². The number of nitrogens with zero attached hydrogens (tertiary/aromatic N) is 3. The molecule has 0 saturated carbocycles. The van der Waals surface area contributed by atoms with Gasteiger partial charge in [-0.25, -0.2) is 0 Å². The van der Waals surface area contributed by atoms with Gasteiger partial charge in [-0.3, -0.25) is 0 Å². The van der Waals surface area contributed by atoms with Crippen LogP contribution in [0.15, 0.2) is 15.5 Å². The summed E-state index contributed by atoms with van der Waals surface area (Å²) in [6.45, 7) is 40.9. The average molecular weight is 500 g/mol. The highest BCUT2D eigenvalue weighted by Crippen LogP contribution is 2.18. The van der Waals surface area contributed by atoms with Crippen LogP contribution in [0.3, 0.4) is 0 Å². The van der Waals surface area contributed by atoms with Gasteiger partial charge in [0.05, 0.1) is 11.4 Å². The van der Waals surface area contributed by atoms with E-state index in [1.54, 1.807) is 0 Å². The third kappa shape index (κ3) is 32.4. The van der Waals surface area contributed by atoms with Crippen LogP contribution in [0.2, 0.25) is 0 Å². The number of rotatable bonds is 3. The van der Waals surface area contributed by atoms with E-state index >= 15 is 0 Å². The number of hydrogen-bond donors (Lipinski definition) is 0. The Morgan fingerprint density at radius 2 is 0.714 bits per heavy atom. The van der Waals surface area contributed by atoms with E-state index in [0.717, 1.165) is 11.4 Å². The first-order valence-electron chi connectivity index (χ1n) is 12.7. The summed E-state index contributed by atoms with van der Waals surface area (Å²) in [5.74, 6) is 0. The highest BCUT2D eigenvalue weighted by molar-refractivity contribution is 5.86. The zero-order chi connectivity index (χ0) is 29.1. The van der Waals surface area contributed by atoms with Gasteiger partial charge in [-0.2, -0.15) is 0 Å². The van der Waals surface area contributed by atoms with Gasteiger partial charge in [0, 0.05) is 22.5 Å². The highest BCUT2D eigenvalue weighted by Gasteiger charge is 2.18. The molecule has 0 unspecified atom stereocenters. The predicted octanol–water partition coefficient (Wildman–Crippen LogP) is 9.28. The van der Waals surface area contributed by atoms with Gasteiger partial charge < -0.3 is 14.5 Å². The minimum Gasteiger partial charge on any atom is -0.390 e. The van der Waals surface area contributed by atoms with Crippen LogP contribution >= 0.6 is 0 Å². The molecule has 0 aliphatic carbocycles. The van der Waals surface area contributed by atoms with Crippen LogP contribution < -0.4 is 0 Å². The molecule has 6 heteroatoms. The Morgan fingerprint density at radius 3 is 0.886 bits per heavy atom. The molecule has 6 nitrogen and oxygen atoms in total. The second kappa shape index (κ2) is 14.2. The lowest BCUT2D eigenvalue weighted by atomic mass is 9.91. The molecule has 210 valence electrons. The van der Waals surface area contributed by atoms with Gasteiger partial charge in [-0.05, 0) is 76.2 Å². The molecular formula is C29H61N3O3. The Kier molecular flexibility index (Phi) is 15.4. The van der Waals surface area contributed by atoms with E-state index in [2.05, 4.69) is 77.8 Å². The summed E-state index contributed by atoms with van der Waals surface area (Å²) in [5, 5.41) is 12.1. The summed E-state index contributed by atoms with van der Waals surface area (Å²) in [6, 6.07) is 0. The van der Waals surface area contributed by atoms with Crippen molar-refractivity contribution in [3.63, 3.8) is 0 Å². The first kappa shape index (κ1) is 37.9. The largest absolute Gasteiger partial charge is 0.390 e. The molecule has 0 fully saturated rings. The van der Waals surface area contributed by atoms with E-state index in [9.17, 15) is 0 Å². The van der Waals surface area contributed by atoms with Crippen LogP contribution in [0.25, 0.3) is 0 Å². The third-order valence-corrected chi connectivity index (χ3v) is 3.85. The maximum Gasteiger partial charge on any atom is 0.129 e. The summed E-state index contributed by atoms with van der Waals surface area (Å²) < 4.78 is 0. The molecule has 0 aromatic rings. The molecule has 0 radical (unpaired) electrons. The predicted molar refractivity (Wildman–Crippen MR) is 156 cm³/mol. The van der Waals surface area contributed by atoms with Crippen molar-refractivity contribution >= 4 is 17.6 Å². The van der Waals surface area contributed by atoms with Gasteiger partial charge in [-0.1, -0.05) is 77.8 Å². The van der Waals surface area contributed by atoms with Crippen molar-refractivity contribution in [2.45, 2.75) is 155 Å². The molecule has 0 saturated heterocycles. The second-order valence-electron chi connectivity index (χ2n) is 15.1. The molecule has 0 bridgehead atoms. The van der Waals surface area contributed by atoms with Crippen molar-refractivity contribution in [2.75, 3.05) is 0 Å². The molecular weight excluding hydrogens is 438 g/mol. The van der Waals surface area contributed by atoms with Crippen molar-refractivity contribution in [1.82, 2.24) is 0 Å². The van der Waals surface area contributed by atoms with Crippen LogP contribution in [0.1, 0.15) is 138 Å². The number of oxime groups is 3. The first-order chi connectivity index (χ1) is 15.0. The molecule has 0 aliphatic heterocycles. The van der Waals surface area contributed by atoms with Crippen LogP contribution in [-0.4, -0.2) is 34.4 Å². The van der Waals surface area contributed by atoms with E-state index in [4.69, 9.17) is 14.5 Å². The monoisotopic (exact) mass is 499 g/mol. The molecule has 0 heterocycles. The van der Waals surface area contributed by atoms with Gasteiger partial charge in [0.1, 0.15) is 16.8 Å². The minimum absolute atomic E-state index is 0.102. The van der Waals surface area contributed by atoms with E-state index in [1.165, 1.54) is 0 Å². The van der Waals surface area contributed by atoms with Crippen molar-refractivity contribution < 1.29 is 14.5 Å². The lowest BCUT2D eigenvalue weighted by Gasteiger charge is -2.21. The molecule has 35 heavy (non-hydrogen) atoms. The molecule has 0 aromatic heterocycles. The van der Waals surface area contributed by atoms with Gasteiger partial charge in [0.2, 0.25) is 0 Å². The quantitative estimate of drug-likeness (QED) is 0.287. The molecule has 0 amide bonds. The SMILES string of the molecule is C/C(=N\OC(C)(C)C)C(C)(C)C.C/C(=N\OC(C)(C)C)C(C)(C)C.CC(C)(C)/C=N/OC(C)(C)C. The van der Waals surface area contributed by atoms with E-state index in [-0.39, 0.29) is 33.0 Å². The lowest BCUT2D eigenvalue weighted by Crippen LogP contribution is -2.21. The Hall–Kier alpha value is -1.59. The van der Waals surface area contributed by atoms with Gasteiger partial charge in [0.15, 0.2) is 0 Å². The molecule has 0 spiro atoms. The van der Waals surface area contributed by atoms with Crippen molar-refractivity contribution in [2.24, 2.45) is 31.7 Å². The Labute approximate surface area is 219 Å². The number of hydrogen-bond acceptors (Lipinski definition) is 6. The average Bonchev–Trinajstić information content (AvgIpc) is 2.53. The zero-order valence-electron chi connectivity index (χ0n) is 27.1. The van der Waals surface area contributed by atoms with E-state index in [1.807, 2.05) is 82.4 Å². The van der Waals surface area contributed by atoms with Crippen LogP contribution in [-0.2, 0) is 14.5 Å². The van der Waals surface area contributed by atoms with Gasteiger partial charge >= 0.3 is 0 Å². The maximum atomic E-state index is 5.31. The highest BCUT2D eigenvalue weighted by atomic mass is 16.7. The van der Waals surface area contributed by atoms with Gasteiger partial charge in [0.25, 0.3) is 0 Å². The topological polar surface area (TPSA) is 64.8 Å². The molecule has 0 aromatic carbocycles. The molecule has 0 aliphatic rings. The fraction of sp³-hybridized carbons (Fsp3) is 0.897. The summed E-state index contributed by atoms with van der Waals surface area (Å²) in [5.41, 5.74) is 1.80. The molecule has 0 N–H and O–H groups in total. The fourth-order valence-corrected chi connectivity index (χ4v) is 1.03.